The molecule has 0 radical (unpaired) electrons. The third-order valence-electron chi connectivity index (χ3n) is 3.46. The van der Waals surface area contributed by atoms with Gasteiger partial charge in [0.1, 0.15) is 0 Å². The fourth-order valence-corrected chi connectivity index (χ4v) is 2.36. The zero-order valence-corrected chi connectivity index (χ0v) is 12.3. The van der Waals surface area contributed by atoms with E-state index in [1.54, 1.807) is 26.5 Å². The Balaban J connectivity index is 1.98. The second-order valence-corrected chi connectivity index (χ2v) is 4.78. The van der Waals surface area contributed by atoms with Gasteiger partial charge in [-0.2, -0.15) is 0 Å². The van der Waals surface area contributed by atoms with Gasteiger partial charge >= 0.3 is 0 Å². The smallest absolute Gasteiger partial charge is 0.257 e. The van der Waals surface area contributed by atoms with Gasteiger partial charge in [-0.3, -0.25) is 4.79 Å². The van der Waals surface area contributed by atoms with Crippen LogP contribution in [0.25, 0.3) is 10.9 Å². The van der Waals surface area contributed by atoms with E-state index in [1.165, 1.54) is 0 Å². The van der Waals surface area contributed by atoms with Crippen molar-refractivity contribution < 1.29 is 14.3 Å². The Kier molecular flexibility index (Phi) is 3.70. The van der Waals surface area contributed by atoms with Crippen LogP contribution in [-0.4, -0.2) is 25.1 Å². The highest BCUT2D eigenvalue weighted by Crippen LogP contribution is 2.33. The first kappa shape index (κ1) is 14.0. The second kappa shape index (κ2) is 5.81. The number of aromatic amines is 1. The number of carbonyl (C=O) groups excluding carboxylic acids is 1. The molecule has 3 aromatic rings. The number of para-hydroxylation sites is 1. The Morgan fingerprint density at radius 2 is 1.73 bits per heavy atom. The predicted molar refractivity (Wildman–Crippen MR) is 85.8 cm³/mol. The number of carbonyl (C=O) groups is 1. The third kappa shape index (κ3) is 2.48. The van der Waals surface area contributed by atoms with Crippen LogP contribution >= 0.6 is 0 Å². The highest BCUT2D eigenvalue weighted by Gasteiger charge is 2.15. The van der Waals surface area contributed by atoms with Gasteiger partial charge in [0, 0.05) is 23.3 Å². The van der Waals surface area contributed by atoms with Crippen molar-refractivity contribution in [1.29, 1.82) is 0 Å². The van der Waals surface area contributed by atoms with Gasteiger partial charge in [0.25, 0.3) is 5.91 Å². The van der Waals surface area contributed by atoms with Crippen molar-refractivity contribution in [3.8, 4) is 11.5 Å². The summed E-state index contributed by atoms with van der Waals surface area (Å²) in [6.07, 6.45) is 1.68. The number of anilines is 1. The van der Waals surface area contributed by atoms with E-state index in [-0.39, 0.29) is 5.91 Å². The van der Waals surface area contributed by atoms with E-state index in [1.807, 2.05) is 36.4 Å². The number of methoxy groups -OCH3 is 2. The van der Waals surface area contributed by atoms with Crippen molar-refractivity contribution >= 4 is 22.5 Å². The average Bonchev–Trinajstić information content (AvgIpc) is 2.97. The number of nitrogens with one attached hydrogen (secondary N) is 2. The maximum absolute atomic E-state index is 12.4. The first-order valence-electron chi connectivity index (χ1n) is 6.82. The lowest BCUT2D eigenvalue weighted by Crippen LogP contribution is -2.11. The number of rotatable bonds is 4. The van der Waals surface area contributed by atoms with Crippen molar-refractivity contribution in [2.45, 2.75) is 0 Å². The molecule has 0 saturated heterocycles. The van der Waals surface area contributed by atoms with E-state index in [2.05, 4.69) is 10.3 Å². The maximum atomic E-state index is 12.4. The van der Waals surface area contributed by atoms with E-state index in [4.69, 9.17) is 9.47 Å². The molecule has 0 atom stereocenters. The molecular formula is C17H16N2O3. The van der Waals surface area contributed by atoms with Crippen LogP contribution in [0.1, 0.15) is 10.4 Å². The van der Waals surface area contributed by atoms with Gasteiger partial charge in [0.05, 0.1) is 25.3 Å². The molecule has 0 aliphatic rings. The molecule has 112 valence electrons. The normalized spacial score (nSPS) is 10.5. The van der Waals surface area contributed by atoms with Crippen molar-refractivity contribution in [1.82, 2.24) is 4.98 Å². The highest BCUT2D eigenvalue weighted by molar-refractivity contribution is 6.13. The van der Waals surface area contributed by atoms with Crippen molar-refractivity contribution in [2.24, 2.45) is 0 Å². The lowest BCUT2D eigenvalue weighted by Gasteiger charge is -2.08. The summed E-state index contributed by atoms with van der Waals surface area (Å²) in [5, 5.41) is 3.65. The van der Waals surface area contributed by atoms with E-state index in [9.17, 15) is 4.79 Å². The van der Waals surface area contributed by atoms with Gasteiger partial charge in [-0.05, 0) is 18.2 Å². The molecule has 2 N–H and O–H groups in total. The molecule has 5 heteroatoms. The van der Waals surface area contributed by atoms with Crippen molar-refractivity contribution in [3.63, 3.8) is 0 Å². The van der Waals surface area contributed by atoms with Crippen molar-refractivity contribution in [3.05, 3.63) is 54.2 Å². The quantitative estimate of drug-likeness (QED) is 0.775. The fourth-order valence-electron chi connectivity index (χ4n) is 2.36. The minimum absolute atomic E-state index is 0.176. The number of amides is 1. The Labute approximate surface area is 127 Å². The van der Waals surface area contributed by atoms with Gasteiger partial charge in [-0.25, -0.2) is 0 Å². The topological polar surface area (TPSA) is 63.4 Å². The number of aromatic nitrogens is 1. The molecule has 0 aliphatic carbocycles. The Hall–Kier alpha value is -2.95. The Bertz CT molecular complexity index is 809. The highest BCUT2D eigenvalue weighted by atomic mass is 16.5. The number of fused-ring (bicyclic) bond motifs is 1. The molecule has 22 heavy (non-hydrogen) atoms. The van der Waals surface area contributed by atoms with Crippen LogP contribution in [0.4, 0.5) is 5.69 Å². The number of benzene rings is 2. The monoisotopic (exact) mass is 296 g/mol. The van der Waals surface area contributed by atoms with Gasteiger partial charge in [-0.1, -0.05) is 18.2 Å². The lowest BCUT2D eigenvalue weighted by molar-refractivity contribution is 0.102. The van der Waals surface area contributed by atoms with Crippen LogP contribution in [0.2, 0.25) is 0 Å². The molecular weight excluding hydrogens is 280 g/mol. The van der Waals surface area contributed by atoms with Crippen LogP contribution in [0.15, 0.2) is 48.7 Å². The third-order valence-corrected chi connectivity index (χ3v) is 3.46. The lowest BCUT2D eigenvalue weighted by atomic mass is 10.1. The summed E-state index contributed by atoms with van der Waals surface area (Å²) < 4.78 is 10.6. The molecule has 0 spiro atoms. The van der Waals surface area contributed by atoms with Crippen LogP contribution < -0.4 is 14.8 Å². The molecule has 0 fully saturated rings. The number of ether oxygens (including phenoxy) is 2. The molecule has 0 unspecified atom stereocenters. The van der Waals surface area contributed by atoms with Gasteiger partial charge in [0.15, 0.2) is 11.5 Å². The first-order chi connectivity index (χ1) is 10.7. The van der Waals surface area contributed by atoms with E-state index >= 15 is 0 Å². The molecule has 0 bridgehead atoms. The Morgan fingerprint density at radius 3 is 2.41 bits per heavy atom. The molecule has 2 aromatic carbocycles. The molecule has 1 heterocycles. The summed E-state index contributed by atoms with van der Waals surface area (Å²) in [4.78, 5) is 15.5. The molecule has 0 aliphatic heterocycles. The minimum atomic E-state index is -0.176. The van der Waals surface area contributed by atoms with E-state index in [0.29, 0.717) is 17.1 Å². The van der Waals surface area contributed by atoms with Crippen LogP contribution in [0.5, 0.6) is 11.5 Å². The molecule has 0 saturated carbocycles. The summed E-state index contributed by atoms with van der Waals surface area (Å²) in [6, 6.07) is 12.9. The summed E-state index contributed by atoms with van der Waals surface area (Å²) in [6.45, 7) is 0. The summed E-state index contributed by atoms with van der Waals surface area (Å²) in [5.41, 5.74) is 2.12. The molecule has 1 aromatic heterocycles. The second-order valence-electron chi connectivity index (χ2n) is 4.78. The standard InChI is InChI=1S/C17H16N2O3/c1-21-15-8-12-13(10-18-14(12)9-16(15)22-2)17(20)19-11-6-4-3-5-7-11/h3-10,18H,1-2H3,(H,19,20). The largest absolute Gasteiger partial charge is 0.493 e. The summed E-state index contributed by atoms with van der Waals surface area (Å²) in [7, 11) is 3.15. The number of hydrogen-bond donors (Lipinski definition) is 2. The summed E-state index contributed by atoms with van der Waals surface area (Å²) in [5.74, 6) is 1.03. The van der Waals surface area contributed by atoms with Crippen LogP contribution in [0.3, 0.4) is 0 Å². The minimum Gasteiger partial charge on any atom is -0.493 e. The molecule has 3 rings (SSSR count). The first-order valence-corrected chi connectivity index (χ1v) is 6.82. The number of H-pyrrole nitrogens is 1. The van der Waals surface area contributed by atoms with Crippen molar-refractivity contribution in [2.75, 3.05) is 19.5 Å². The predicted octanol–water partition coefficient (Wildman–Crippen LogP) is 3.44. The average molecular weight is 296 g/mol. The molecule has 5 nitrogen and oxygen atoms in total. The molecule has 1 amide bonds. The fraction of sp³-hybridized carbons (Fsp3) is 0.118. The maximum Gasteiger partial charge on any atom is 0.257 e. The van der Waals surface area contributed by atoms with Gasteiger partial charge in [-0.15, -0.1) is 0 Å². The SMILES string of the molecule is COc1cc2[nH]cc(C(=O)Nc3ccccc3)c2cc1OC. The van der Waals surface area contributed by atoms with Crippen LogP contribution in [0, 0.1) is 0 Å². The zero-order chi connectivity index (χ0) is 15.5. The van der Waals surface area contributed by atoms with Gasteiger partial charge in [0.2, 0.25) is 0 Å². The Morgan fingerprint density at radius 1 is 1.05 bits per heavy atom. The zero-order valence-electron chi connectivity index (χ0n) is 12.3. The van der Waals surface area contributed by atoms with E-state index in [0.717, 1.165) is 16.6 Å². The summed E-state index contributed by atoms with van der Waals surface area (Å²) >= 11 is 0. The van der Waals surface area contributed by atoms with Gasteiger partial charge < -0.3 is 19.8 Å². The van der Waals surface area contributed by atoms with Crippen LogP contribution in [-0.2, 0) is 0 Å². The number of hydrogen-bond acceptors (Lipinski definition) is 3. The van der Waals surface area contributed by atoms with E-state index < -0.39 is 0 Å².